The van der Waals surface area contributed by atoms with Gasteiger partial charge in [0, 0.05) is 62.0 Å². The summed E-state index contributed by atoms with van der Waals surface area (Å²) in [7, 11) is 1.79. The first-order valence-corrected chi connectivity index (χ1v) is 8.65. The Morgan fingerprint density at radius 3 is 2.48 bits per heavy atom. The van der Waals surface area contributed by atoms with Crippen molar-refractivity contribution < 1.29 is 4.79 Å². The van der Waals surface area contributed by atoms with Crippen molar-refractivity contribution in [1.82, 2.24) is 21.1 Å². The Kier molecular flexibility index (Phi) is 8.19. The molecule has 0 amide bonds. The lowest BCUT2D eigenvalue weighted by Crippen LogP contribution is -2.48. The quantitative estimate of drug-likeness (QED) is 0.370. The lowest BCUT2D eigenvalue weighted by atomic mass is 9.98. The first-order valence-electron chi connectivity index (χ1n) is 8.65. The van der Waals surface area contributed by atoms with Gasteiger partial charge < -0.3 is 16.5 Å². The molecule has 2 unspecified atom stereocenters. The molecule has 1 saturated heterocycles. The number of hydrazine groups is 1. The number of Topliss-reactive ketones (excluding diaryl/α,β-unsaturated/α-hetero) is 1. The molecular formula is C17H35N5O. The third kappa shape index (κ3) is 6.22. The molecule has 134 valence electrons. The van der Waals surface area contributed by atoms with Crippen LogP contribution < -0.4 is 21.9 Å². The molecule has 0 aromatic heterocycles. The molecule has 6 heteroatoms. The van der Waals surface area contributed by atoms with Gasteiger partial charge in [-0.15, -0.1) is 0 Å². The van der Waals surface area contributed by atoms with Crippen molar-refractivity contribution in [1.29, 1.82) is 0 Å². The molecule has 3 atom stereocenters. The average molecular weight is 326 g/mol. The summed E-state index contributed by atoms with van der Waals surface area (Å²) in [5.41, 5.74) is 13.7. The maximum Gasteiger partial charge on any atom is 0.161 e. The summed E-state index contributed by atoms with van der Waals surface area (Å²) in [5, 5.41) is 3.58. The van der Waals surface area contributed by atoms with Gasteiger partial charge in [-0.05, 0) is 27.2 Å². The molecule has 1 fully saturated rings. The van der Waals surface area contributed by atoms with E-state index in [1.54, 1.807) is 7.05 Å². The van der Waals surface area contributed by atoms with Crippen molar-refractivity contribution in [2.45, 2.75) is 71.6 Å². The van der Waals surface area contributed by atoms with Crippen LogP contribution in [-0.4, -0.2) is 55.0 Å². The molecule has 0 spiro atoms. The van der Waals surface area contributed by atoms with Crippen LogP contribution in [-0.2, 0) is 4.79 Å². The molecular weight excluding hydrogens is 290 g/mol. The van der Waals surface area contributed by atoms with Gasteiger partial charge in [-0.25, -0.2) is 5.43 Å². The third-order valence-corrected chi connectivity index (χ3v) is 4.55. The second-order valence-corrected chi connectivity index (χ2v) is 6.98. The lowest BCUT2D eigenvalue weighted by molar-refractivity contribution is -0.116. The van der Waals surface area contributed by atoms with Gasteiger partial charge in [-0.1, -0.05) is 13.8 Å². The van der Waals surface area contributed by atoms with E-state index in [0.29, 0.717) is 18.5 Å². The minimum atomic E-state index is -0.0258. The van der Waals surface area contributed by atoms with Crippen LogP contribution in [0.3, 0.4) is 0 Å². The molecule has 6 nitrogen and oxygen atoms in total. The summed E-state index contributed by atoms with van der Waals surface area (Å²) in [6, 6.07) is 1.05. The first kappa shape index (κ1) is 20.1. The number of nitrogens with two attached hydrogens (primary N) is 1. The number of carbonyl (C=O) groups is 1. The van der Waals surface area contributed by atoms with Gasteiger partial charge in [-0.2, -0.15) is 0 Å². The van der Waals surface area contributed by atoms with Crippen LogP contribution in [0.4, 0.5) is 0 Å². The highest BCUT2D eigenvalue weighted by Crippen LogP contribution is 2.19. The molecule has 1 rings (SSSR count). The van der Waals surface area contributed by atoms with Crippen molar-refractivity contribution in [3.8, 4) is 0 Å². The zero-order chi connectivity index (χ0) is 17.6. The molecule has 0 bridgehead atoms. The van der Waals surface area contributed by atoms with Gasteiger partial charge in [0.2, 0.25) is 0 Å². The van der Waals surface area contributed by atoms with E-state index >= 15 is 0 Å². The van der Waals surface area contributed by atoms with Gasteiger partial charge in [0.05, 0.1) is 0 Å². The average Bonchev–Trinajstić information content (AvgIpc) is 2.90. The topological polar surface area (TPSA) is 82.4 Å². The molecule has 23 heavy (non-hydrogen) atoms. The van der Waals surface area contributed by atoms with Crippen molar-refractivity contribution in [3.05, 3.63) is 11.3 Å². The minimum Gasteiger partial charge on any atom is -0.327 e. The Balaban J connectivity index is 2.70. The molecule has 0 aromatic carbocycles. The largest absolute Gasteiger partial charge is 0.327 e. The van der Waals surface area contributed by atoms with E-state index in [9.17, 15) is 4.79 Å². The van der Waals surface area contributed by atoms with Gasteiger partial charge in [0.25, 0.3) is 0 Å². The monoisotopic (exact) mass is 325 g/mol. The van der Waals surface area contributed by atoms with Gasteiger partial charge in [0.1, 0.15) is 0 Å². The molecule has 1 heterocycles. The molecule has 0 radical (unpaired) electrons. The maximum atomic E-state index is 12.6. The van der Waals surface area contributed by atoms with Crippen LogP contribution in [0, 0.1) is 0 Å². The Bertz CT molecular complexity index is 419. The van der Waals surface area contributed by atoms with Crippen LogP contribution >= 0.6 is 0 Å². The predicted octanol–water partition coefficient (Wildman–Crippen LogP) is 0.752. The molecule has 0 aromatic rings. The fourth-order valence-electron chi connectivity index (χ4n) is 3.18. The van der Waals surface area contributed by atoms with Crippen LogP contribution in [0.15, 0.2) is 11.3 Å². The highest BCUT2D eigenvalue weighted by atomic mass is 16.1. The number of nitrogens with zero attached hydrogens (tertiary/aromatic N) is 1. The predicted molar refractivity (Wildman–Crippen MR) is 95.9 cm³/mol. The minimum absolute atomic E-state index is 0.0258. The summed E-state index contributed by atoms with van der Waals surface area (Å²) in [6.07, 6.45) is 1.59. The molecule has 5 N–H and O–H groups in total. The second-order valence-electron chi connectivity index (χ2n) is 6.98. The number of hydrogen-bond donors (Lipinski definition) is 4. The zero-order valence-corrected chi connectivity index (χ0v) is 15.6. The van der Waals surface area contributed by atoms with Crippen LogP contribution in [0.25, 0.3) is 0 Å². The maximum absolute atomic E-state index is 12.6. The number of nitrogens with one attached hydrogen (secondary N) is 3. The van der Waals surface area contributed by atoms with Crippen LogP contribution in [0.1, 0.15) is 47.5 Å². The van der Waals surface area contributed by atoms with Crippen LogP contribution in [0.5, 0.6) is 0 Å². The van der Waals surface area contributed by atoms with E-state index in [0.717, 1.165) is 30.8 Å². The Morgan fingerprint density at radius 1 is 1.30 bits per heavy atom. The standard InChI is InChI=1S/C17H35N5O/c1-11(2)20-15-7-8-22(10-15)16(13(4)18)9-17(23)12(3)14(5)21-19-6/h11,13,15-16,19-21H,7-10,18H2,1-6H3/t13-,15?,16?/m0/s1. The van der Waals surface area contributed by atoms with E-state index in [4.69, 9.17) is 5.73 Å². The number of allylic oxidation sites excluding steroid dienone is 2. The summed E-state index contributed by atoms with van der Waals surface area (Å²) < 4.78 is 0. The highest BCUT2D eigenvalue weighted by molar-refractivity contribution is 5.95. The summed E-state index contributed by atoms with van der Waals surface area (Å²) >= 11 is 0. The Hall–Kier alpha value is -0.950. The lowest BCUT2D eigenvalue weighted by Gasteiger charge is -2.31. The van der Waals surface area contributed by atoms with Crippen molar-refractivity contribution in [2.75, 3.05) is 20.1 Å². The first-order chi connectivity index (χ1) is 10.8. The van der Waals surface area contributed by atoms with E-state index in [1.807, 2.05) is 20.8 Å². The van der Waals surface area contributed by atoms with Crippen molar-refractivity contribution >= 4 is 5.78 Å². The molecule has 1 aliphatic heterocycles. The van der Waals surface area contributed by atoms with Crippen molar-refractivity contribution in [3.63, 3.8) is 0 Å². The second kappa shape index (κ2) is 9.37. The third-order valence-electron chi connectivity index (χ3n) is 4.55. The van der Waals surface area contributed by atoms with Gasteiger partial charge >= 0.3 is 0 Å². The number of hydrogen-bond acceptors (Lipinski definition) is 6. The highest BCUT2D eigenvalue weighted by Gasteiger charge is 2.32. The number of likely N-dealkylation sites (tertiary alicyclic amines) is 1. The SMILES string of the molecule is CNNC(C)=C(C)C(=O)CC([C@H](C)N)N1CCC(NC(C)C)C1. The summed E-state index contributed by atoms with van der Waals surface area (Å²) in [4.78, 5) is 14.9. The van der Waals surface area contributed by atoms with Gasteiger partial charge in [-0.3, -0.25) is 9.69 Å². The zero-order valence-electron chi connectivity index (χ0n) is 15.6. The molecule has 0 saturated carbocycles. The Morgan fingerprint density at radius 2 is 1.96 bits per heavy atom. The normalized spacial score (nSPS) is 22.9. The van der Waals surface area contributed by atoms with E-state index in [-0.39, 0.29) is 17.9 Å². The smallest absolute Gasteiger partial charge is 0.161 e. The van der Waals surface area contributed by atoms with E-state index in [2.05, 4.69) is 34.9 Å². The van der Waals surface area contributed by atoms with Gasteiger partial charge in [0.15, 0.2) is 5.78 Å². The molecule has 1 aliphatic rings. The molecule has 0 aliphatic carbocycles. The van der Waals surface area contributed by atoms with E-state index < -0.39 is 0 Å². The van der Waals surface area contributed by atoms with Crippen LogP contribution in [0.2, 0.25) is 0 Å². The number of rotatable bonds is 9. The fourth-order valence-corrected chi connectivity index (χ4v) is 3.18. The summed E-state index contributed by atoms with van der Waals surface area (Å²) in [6.45, 7) is 12.1. The number of carbonyl (C=O) groups excluding carboxylic acids is 1. The number of ketones is 1. The van der Waals surface area contributed by atoms with E-state index in [1.165, 1.54) is 0 Å². The summed E-state index contributed by atoms with van der Waals surface area (Å²) in [5.74, 6) is 0.160. The van der Waals surface area contributed by atoms with Crippen molar-refractivity contribution in [2.24, 2.45) is 5.73 Å². The Labute approximate surface area is 141 Å². The fraction of sp³-hybridized carbons (Fsp3) is 0.824.